The maximum Gasteiger partial charge on any atom is 0.128 e. The molecular weight excluding hydrogens is 224 g/mol. The Hall–Kier alpha value is -1.29. The summed E-state index contributed by atoms with van der Waals surface area (Å²) < 4.78 is 0. The van der Waals surface area contributed by atoms with E-state index in [2.05, 4.69) is 34.9 Å². The maximum atomic E-state index is 5.80. The first-order valence-corrected chi connectivity index (χ1v) is 6.68. The van der Waals surface area contributed by atoms with Gasteiger partial charge >= 0.3 is 0 Å². The van der Waals surface area contributed by atoms with Crippen molar-refractivity contribution in [2.45, 2.75) is 19.8 Å². The summed E-state index contributed by atoms with van der Waals surface area (Å²) in [5.41, 5.74) is 7.68. The number of nitrogens with zero attached hydrogens (tertiary/aromatic N) is 3. The van der Waals surface area contributed by atoms with Crippen LogP contribution in [0.1, 0.15) is 18.4 Å². The number of nitrogens with two attached hydrogens (primary N) is 1. The van der Waals surface area contributed by atoms with Crippen LogP contribution in [0, 0.1) is 12.8 Å². The van der Waals surface area contributed by atoms with E-state index >= 15 is 0 Å². The van der Waals surface area contributed by atoms with Gasteiger partial charge in [-0.1, -0.05) is 0 Å². The molecule has 1 aromatic rings. The summed E-state index contributed by atoms with van der Waals surface area (Å²) >= 11 is 0. The zero-order chi connectivity index (χ0) is 13.1. The zero-order valence-electron chi connectivity index (χ0n) is 11.7. The number of nitrogen functional groups attached to an aromatic ring is 1. The molecule has 1 fully saturated rings. The quantitative estimate of drug-likeness (QED) is 0.885. The van der Waals surface area contributed by atoms with Crippen molar-refractivity contribution in [2.24, 2.45) is 5.92 Å². The van der Waals surface area contributed by atoms with Crippen molar-refractivity contribution in [3.8, 4) is 0 Å². The SMILES string of the molecule is Cc1cc(N(C)CC2CCCN(C)C2)ncc1N. The molecule has 2 heterocycles. The van der Waals surface area contributed by atoms with E-state index in [0.29, 0.717) is 0 Å². The zero-order valence-corrected chi connectivity index (χ0v) is 11.7. The summed E-state index contributed by atoms with van der Waals surface area (Å²) in [6, 6.07) is 2.07. The van der Waals surface area contributed by atoms with Gasteiger partial charge in [-0.2, -0.15) is 0 Å². The molecule has 2 rings (SSSR count). The predicted molar refractivity (Wildman–Crippen MR) is 76.9 cm³/mol. The minimum absolute atomic E-state index is 0.744. The molecule has 1 aliphatic rings. The lowest BCUT2D eigenvalue weighted by molar-refractivity contribution is 0.213. The summed E-state index contributed by atoms with van der Waals surface area (Å²) in [6.07, 6.45) is 4.39. The van der Waals surface area contributed by atoms with Crippen molar-refractivity contribution in [3.05, 3.63) is 17.8 Å². The highest BCUT2D eigenvalue weighted by Gasteiger charge is 2.19. The van der Waals surface area contributed by atoms with Crippen LogP contribution in [0.4, 0.5) is 11.5 Å². The molecule has 2 N–H and O–H groups in total. The van der Waals surface area contributed by atoms with Crippen molar-refractivity contribution in [1.82, 2.24) is 9.88 Å². The van der Waals surface area contributed by atoms with Crippen LogP contribution in [0.5, 0.6) is 0 Å². The van der Waals surface area contributed by atoms with E-state index in [1.807, 2.05) is 6.92 Å². The predicted octanol–water partition coefficient (Wildman–Crippen LogP) is 1.75. The Morgan fingerprint density at radius 2 is 2.33 bits per heavy atom. The first kappa shape index (κ1) is 13.1. The van der Waals surface area contributed by atoms with Crippen molar-refractivity contribution in [2.75, 3.05) is 44.4 Å². The van der Waals surface area contributed by atoms with Gasteiger partial charge in [-0.15, -0.1) is 0 Å². The van der Waals surface area contributed by atoms with Gasteiger partial charge < -0.3 is 15.5 Å². The van der Waals surface area contributed by atoms with Gasteiger partial charge in [0.15, 0.2) is 0 Å². The number of hydrogen-bond acceptors (Lipinski definition) is 4. The molecule has 0 aromatic carbocycles. The summed E-state index contributed by atoms with van der Waals surface area (Å²) in [4.78, 5) is 9.08. The molecule has 0 radical (unpaired) electrons. The lowest BCUT2D eigenvalue weighted by Gasteiger charge is -2.32. The van der Waals surface area contributed by atoms with Crippen LogP contribution in [0.2, 0.25) is 0 Å². The van der Waals surface area contributed by atoms with Gasteiger partial charge in [0.2, 0.25) is 0 Å². The summed E-state index contributed by atoms with van der Waals surface area (Å²) in [7, 11) is 4.32. The van der Waals surface area contributed by atoms with Crippen molar-refractivity contribution in [1.29, 1.82) is 0 Å². The molecule has 0 saturated carbocycles. The number of aryl methyl sites for hydroxylation is 1. The summed E-state index contributed by atoms with van der Waals surface area (Å²) in [5.74, 6) is 1.77. The summed E-state index contributed by atoms with van der Waals surface area (Å²) in [5, 5.41) is 0. The Kier molecular flexibility index (Phi) is 4.07. The normalized spacial score (nSPS) is 20.9. The molecule has 0 amide bonds. The molecule has 1 saturated heterocycles. The fraction of sp³-hybridized carbons (Fsp3) is 0.643. The van der Waals surface area contributed by atoms with Gasteiger partial charge in [0.1, 0.15) is 5.82 Å². The smallest absolute Gasteiger partial charge is 0.128 e. The molecule has 0 bridgehead atoms. The largest absolute Gasteiger partial charge is 0.397 e. The van der Waals surface area contributed by atoms with Crippen LogP contribution in [-0.4, -0.2) is 43.6 Å². The molecule has 4 heteroatoms. The molecule has 18 heavy (non-hydrogen) atoms. The van der Waals surface area contributed by atoms with E-state index in [1.54, 1.807) is 6.20 Å². The second-order valence-corrected chi connectivity index (χ2v) is 5.55. The number of rotatable bonds is 3. The Bertz CT molecular complexity index is 405. The minimum Gasteiger partial charge on any atom is -0.397 e. The van der Waals surface area contributed by atoms with Crippen molar-refractivity contribution in [3.63, 3.8) is 0 Å². The average molecular weight is 248 g/mol. The number of pyridine rings is 1. The van der Waals surface area contributed by atoms with Crippen LogP contribution in [0.3, 0.4) is 0 Å². The minimum atomic E-state index is 0.744. The number of likely N-dealkylation sites (tertiary alicyclic amines) is 1. The third-order valence-electron chi connectivity index (χ3n) is 3.78. The van der Waals surface area contributed by atoms with Gasteiger partial charge in [0, 0.05) is 20.1 Å². The molecule has 4 nitrogen and oxygen atoms in total. The van der Waals surface area contributed by atoms with E-state index in [1.165, 1.54) is 25.9 Å². The Morgan fingerprint density at radius 1 is 1.56 bits per heavy atom. The molecule has 100 valence electrons. The lowest BCUT2D eigenvalue weighted by Crippen LogP contribution is -2.38. The molecule has 0 aliphatic carbocycles. The van der Waals surface area contributed by atoms with E-state index in [4.69, 9.17) is 5.73 Å². The third-order valence-corrected chi connectivity index (χ3v) is 3.78. The van der Waals surface area contributed by atoms with E-state index in [-0.39, 0.29) is 0 Å². The standard InChI is InChI=1S/C14H24N4/c1-11-7-14(16-8-13(11)15)18(3)10-12-5-4-6-17(2)9-12/h7-8,12H,4-6,9-10,15H2,1-3H3. The Balaban J connectivity index is 1.98. The van der Waals surface area contributed by atoms with Crippen molar-refractivity contribution < 1.29 is 0 Å². The average Bonchev–Trinajstić information content (AvgIpc) is 2.32. The van der Waals surface area contributed by atoms with Gasteiger partial charge in [0.05, 0.1) is 11.9 Å². The number of piperidine rings is 1. The Labute approximate surface area is 110 Å². The second kappa shape index (κ2) is 5.57. The fourth-order valence-electron chi connectivity index (χ4n) is 2.66. The van der Waals surface area contributed by atoms with Gasteiger partial charge in [-0.05, 0) is 50.9 Å². The summed E-state index contributed by atoms with van der Waals surface area (Å²) in [6.45, 7) is 5.53. The number of aromatic nitrogens is 1. The number of anilines is 2. The first-order valence-electron chi connectivity index (χ1n) is 6.68. The molecule has 1 aliphatic heterocycles. The van der Waals surface area contributed by atoms with Gasteiger partial charge in [-0.3, -0.25) is 0 Å². The highest BCUT2D eigenvalue weighted by atomic mass is 15.2. The molecule has 0 spiro atoms. The van der Waals surface area contributed by atoms with Crippen LogP contribution >= 0.6 is 0 Å². The number of hydrogen-bond donors (Lipinski definition) is 1. The van der Waals surface area contributed by atoms with Gasteiger partial charge in [0.25, 0.3) is 0 Å². The topological polar surface area (TPSA) is 45.4 Å². The Morgan fingerprint density at radius 3 is 3.00 bits per heavy atom. The van der Waals surface area contributed by atoms with Crippen LogP contribution in [0.25, 0.3) is 0 Å². The molecule has 1 atom stereocenters. The van der Waals surface area contributed by atoms with E-state index in [0.717, 1.165) is 29.5 Å². The lowest BCUT2D eigenvalue weighted by atomic mass is 9.98. The highest BCUT2D eigenvalue weighted by molar-refractivity contribution is 5.51. The van der Waals surface area contributed by atoms with Crippen LogP contribution in [-0.2, 0) is 0 Å². The fourth-order valence-corrected chi connectivity index (χ4v) is 2.66. The van der Waals surface area contributed by atoms with Crippen molar-refractivity contribution >= 4 is 11.5 Å². The second-order valence-electron chi connectivity index (χ2n) is 5.55. The van der Waals surface area contributed by atoms with E-state index in [9.17, 15) is 0 Å². The molecular formula is C14H24N4. The van der Waals surface area contributed by atoms with Crippen LogP contribution in [0.15, 0.2) is 12.3 Å². The molecule has 1 unspecified atom stereocenters. The maximum absolute atomic E-state index is 5.80. The van der Waals surface area contributed by atoms with Crippen LogP contribution < -0.4 is 10.6 Å². The van der Waals surface area contributed by atoms with Gasteiger partial charge in [-0.25, -0.2) is 4.98 Å². The molecule has 1 aromatic heterocycles. The highest BCUT2D eigenvalue weighted by Crippen LogP contribution is 2.20. The first-order chi connectivity index (χ1) is 8.56. The monoisotopic (exact) mass is 248 g/mol. The third kappa shape index (κ3) is 3.13. The van der Waals surface area contributed by atoms with E-state index < -0.39 is 0 Å².